The van der Waals surface area contributed by atoms with Crippen LogP contribution in [0.3, 0.4) is 0 Å². The quantitative estimate of drug-likeness (QED) is 0.835. The van der Waals surface area contributed by atoms with Crippen molar-refractivity contribution in [3.63, 3.8) is 0 Å². The van der Waals surface area contributed by atoms with Crippen molar-refractivity contribution in [1.29, 1.82) is 0 Å². The first-order chi connectivity index (χ1) is 10.2. The van der Waals surface area contributed by atoms with E-state index in [4.69, 9.17) is 19.7 Å². The van der Waals surface area contributed by atoms with Crippen molar-refractivity contribution >= 4 is 0 Å². The molecule has 4 atom stereocenters. The van der Waals surface area contributed by atoms with E-state index in [9.17, 15) is 0 Å². The first-order valence-electron chi connectivity index (χ1n) is 7.70. The van der Waals surface area contributed by atoms with Gasteiger partial charge in [-0.15, -0.1) is 0 Å². The van der Waals surface area contributed by atoms with Crippen LogP contribution in [0.25, 0.3) is 0 Å². The van der Waals surface area contributed by atoms with E-state index in [1.54, 1.807) is 0 Å². The zero-order valence-electron chi connectivity index (χ0n) is 12.3. The summed E-state index contributed by atoms with van der Waals surface area (Å²) < 4.78 is 16.8. The molecule has 3 fully saturated rings. The monoisotopic (exact) mass is 294 g/mol. The maximum absolute atomic E-state index is 6.11. The van der Waals surface area contributed by atoms with Gasteiger partial charge >= 0.3 is 0 Å². The summed E-state index contributed by atoms with van der Waals surface area (Å²) >= 11 is 0. The minimum atomic E-state index is -0.393. The van der Waals surface area contributed by atoms with Gasteiger partial charge in [0.15, 0.2) is 0 Å². The Labute approximate surface area is 123 Å². The Morgan fingerprint density at radius 1 is 1.38 bits per heavy atom. The van der Waals surface area contributed by atoms with Gasteiger partial charge in [0, 0.05) is 18.6 Å². The van der Waals surface area contributed by atoms with Crippen LogP contribution < -0.4 is 5.73 Å². The van der Waals surface area contributed by atoms with E-state index in [2.05, 4.69) is 15.0 Å². The highest BCUT2D eigenvalue weighted by atomic mass is 16.5. The number of ether oxygens (including phenoxy) is 2. The molecule has 0 aliphatic carbocycles. The van der Waals surface area contributed by atoms with Gasteiger partial charge in [0.2, 0.25) is 11.7 Å². The van der Waals surface area contributed by atoms with Gasteiger partial charge in [-0.3, -0.25) is 4.90 Å². The lowest BCUT2D eigenvalue weighted by Gasteiger charge is -2.33. The molecule has 7 heteroatoms. The lowest BCUT2D eigenvalue weighted by atomic mass is 9.86. The Morgan fingerprint density at radius 2 is 2.29 bits per heavy atom. The number of nitrogens with two attached hydrogens (primary N) is 1. The topological polar surface area (TPSA) is 86.6 Å². The van der Waals surface area contributed by atoms with Crippen molar-refractivity contribution in [3.05, 3.63) is 11.7 Å². The number of aromatic nitrogens is 2. The molecule has 0 spiro atoms. The van der Waals surface area contributed by atoms with Crippen molar-refractivity contribution in [2.24, 2.45) is 5.73 Å². The molecule has 0 amide bonds. The average molecular weight is 294 g/mol. The maximum atomic E-state index is 6.11. The molecule has 1 aromatic heterocycles. The number of fused-ring (bicyclic) bond motifs is 1. The third-order valence-electron chi connectivity index (χ3n) is 5.13. The van der Waals surface area contributed by atoms with Crippen molar-refractivity contribution in [2.75, 3.05) is 32.9 Å². The Morgan fingerprint density at radius 3 is 3.10 bits per heavy atom. The van der Waals surface area contributed by atoms with Crippen LogP contribution >= 0.6 is 0 Å². The van der Waals surface area contributed by atoms with Crippen molar-refractivity contribution in [2.45, 2.75) is 43.4 Å². The van der Waals surface area contributed by atoms with E-state index < -0.39 is 5.41 Å². The van der Waals surface area contributed by atoms with Crippen molar-refractivity contribution in [1.82, 2.24) is 15.0 Å². The van der Waals surface area contributed by atoms with Gasteiger partial charge in [-0.05, 0) is 26.3 Å². The predicted octanol–water partition coefficient (Wildman–Crippen LogP) is 0.221. The highest BCUT2D eigenvalue weighted by molar-refractivity contribution is 5.12. The summed E-state index contributed by atoms with van der Waals surface area (Å²) in [5.74, 6) is 1.20. The number of morpholine rings is 1. The second-order valence-corrected chi connectivity index (χ2v) is 6.61. The summed E-state index contributed by atoms with van der Waals surface area (Å²) in [6, 6.07) is 0.461. The number of nitrogens with zero attached hydrogens (tertiary/aromatic N) is 3. The molecule has 4 heterocycles. The highest BCUT2D eigenvalue weighted by Gasteiger charge is 2.45. The second-order valence-electron chi connectivity index (χ2n) is 6.61. The molecular formula is C14H22N4O3. The first-order valence-corrected chi connectivity index (χ1v) is 7.70. The Kier molecular flexibility index (Phi) is 3.25. The van der Waals surface area contributed by atoms with Crippen LogP contribution in [0, 0.1) is 0 Å². The number of hydrogen-bond acceptors (Lipinski definition) is 7. The molecular weight excluding hydrogens is 272 g/mol. The van der Waals surface area contributed by atoms with E-state index in [1.165, 1.54) is 12.8 Å². The number of hydrogen-bond donors (Lipinski definition) is 1. The number of rotatable bonds is 2. The van der Waals surface area contributed by atoms with Crippen LogP contribution in [0.2, 0.25) is 0 Å². The third-order valence-corrected chi connectivity index (χ3v) is 5.13. The van der Waals surface area contributed by atoms with E-state index in [0.29, 0.717) is 31.0 Å². The fraction of sp³-hybridized carbons (Fsp3) is 0.857. The standard InChI is InChI=1S/C14H22N4O3/c1-14(8-19-7-11(14)15)13-16-12(17-21-13)10-5-18-4-2-3-9(18)6-20-10/h9-11H,2-8,15H2,1H3. The summed E-state index contributed by atoms with van der Waals surface area (Å²) in [4.78, 5) is 7.03. The molecule has 4 unspecified atom stereocenters. The smallest absolute Gasteiger partial charge is 0.236 e. The third kappa shape index (κ3) is 2.19. The van der Waals surface area contributed by atoms with Crippen LogP contribution in [0.15, 0.2) is 4.52 Å². The molecule has 3 saturated heterocycles. The molecule has 1 aromatic rings. The molecule has 116 valence electrons. The average Bonchev–Trinajstić information content (AvgIpc) is 3.19. The molecule has 0 aromatic carbocycles. The molecule has 0 saturated carbocycles. The Bertz CT molecular complexity index is 522. The molecule has 2 N–H and O–H groups in total. The fourth-order valence-electron chi connectivity index (χ4n) is 3.48. The summed E-state index contributed by atoms with van der Waals surface area (Å²) in [6.07, 6.45) is 2.38. The highest BCUT2D eigenvalue weighted by Crippen LogP contribution is 2.33. The van der Waals surface area contributed by atoms with E-state index in [0.717, 1.165) is 19.7 Å². The van der Waals surface area contributed by atoms with Gasteiger partial charge in [0.05, 0.1) is 25.2 Å². The molecule has 0 radical (unpaired) electrons. The van der Waals surface area contributed by atoms with Crippen molar-refractivity contribution in [3.8, 4) is 0 Å². The minimum absolute atomic E-state index is 0.0982. The summed E-state index contributed by atoms with van der Waals surface area (Å²) in [5.41, 5.74) is 5.72. The largest absolute Gasteiger partial charge is 0.379 e. The second kappa shape index (κ2) is 5.01. The van der Waals surface area contributed by atoms with Gasteiger partial charge in [-0.2, -0.15) is 4.98 Å². The fourth-order valence-corrected chi connectivity index (χ4v) is 3.48. The zero-order chi connectivity index (χ0) is 14.4. The van der Waals surface area contributed by atoms with Crippen LogP contribution in [0.4, 0.5) is 0 Å². The molecule has 0 bridgehead atoms. The van der Waals surface area contributed by atoms with Gasteiger partial charge in [0.25, 0.3) is 0 Å². The van der Waals surface area contributed by atoms with Crippen LogP contribution in [-0.2, 0) is 14.9 Å². The summed E-state index contributed by atoms with van der Waals surface area (Å²) in [6.45, 7) is 5.82. The Balaban J connectivity index is 1.52. The van der Waals surface area contributed by atoms with Crippen LogP contribution in [0.5, 0.6) is 0 Å². The van der Waals surface area contributed by atoms with Crippen LogP contribution in [-0.4, -0.2) is 60.0 Å². The molecule has 4 rings (SSSR count). The zero-order valence-corrected chi connectivity index (χ0v) is 12.3. The summed E-state index contributed by atoms with van der Waals surface area (Å²) in [5, 5.41) is 4.13. The van der Waals surface area contributed by atoms with E-state index in [-0.39, 0.29) is 12.1 Å². The van der Waals surface area contributed by atoms with E-state index in [1.807, 2.05) is 6.92 Å². The molecule has 3 aliphatic rings. The van der Waals surface area contributed by atoms with Gasteiger partial charge in [0.1, 0.15) is 6.10 Å². The van der Waals surface area contributed by atoms with Gasteiger partial charge in [-0.1, -0.05) is 5.16 Å². The first kappa shape index (κ1) is 13.6. The van der Waals surface area contributed by atoms with E-state index >= 15 is 0 Å². The lowest BCUT2D eigenvalue weighted by molar-refractivity contribution is -0.0548. The minimum Gasteiger partial charge on any atom is -0.379 e. The Hall–Kier alpha value is -1.02. The molecule has 3 aliphatic heterocycles. The molecule has 21 heavy (non-hydrogen) atoms. The van der Waals surface area contributed by atoms with Gasteiger partial charge < -0.3 is 19.7 Å². The lowest BCUT2D eigenvalue weighted by Crippen LogP contribution is -2.43. The van der Waals surface area contributed by atoms with Crippen molar-refractivity contribution < 1.29 is 14.0 Å². The van der Waals surface area contributed by atoms with Gasteiger partial charge in [-0.25, -0.2) is 0 Å². The normalized spacial score (nSPS) is 40.6. The molecule has 7 nitrogen and oxygen atoms in total. The summed E-state index contributed by atoms with van der Waals surface area (Å²) in [7, 11) is 0. The maximum Gasteiger partial charge on any atom is 0.236 e. The predicted molar refractivity (Wildman–Crippen MR) is 73.7 cm³/mol. The van der Waals surface area contributed by atoms with Crippen LogP contribution in [0.1, 0.15) is 37.6 Å². The SMILES string of the molecule is CC1(c2nc(C3CN4CCCC4CO3)no2)COCC1N.